The SMILES string of the molecule is Cc1ccc(C(=O)NCCCc2ccc(N3CCCCC3)cc2)cc1[N+](=O)[O-]. The lowest BCUT2D eigenvalue weighted by atomic mass is 10.1. The fourth-order valence-corrected chi connectivity index (χ4v) is 3.57. The Hall–Kier alpha value is -2.89. The molecule has 1 N–H and O–H groups in total. The number of benzene rings is 2. The van der Waals surface area contributed by atoms with Crippen molar-refractivity contribution in [3.8, 4) is 0 Å². The van der Waals surface area contributed by atoms with Crippen molar-refractivity contribution in [1.82, 2.24) is 5.32 Å². The van der Waals surface area contributed by atoms with Crippen molar-refractivity contribution < 1.29 is 9.72 Å². The summed E-state index contributed by atoms with van der Waals surface area (Å²) in [5, 5.41) is 13.9. The molecule has 0 spiro atoms. The van der Waals surface area contributed by atoms with E-state index >= 15 is 0 Å². The van der Waals surface area contributed by atoms with E-state index < -0.39 is 4.92 Å². The molecule has 0 atom stereocenters. The molecule has 6 nitrogen and oxygen atoms in total. The number of rotatable bonds is 7. The Kier molecular flexibility index (Phi) is 6.63. The number of nitro groups is 1. The second-order valence-electron chi connectivity index (χ2n) is 7.33. The minimum Gasteiger partial charge on any atom is -0.372 e. The van der Waals surface area contributed by atoms with Gasteiger partial charge in [0.15, 0.2) is 0 Å². The maximum absolute atomic E-state index is 12.2. The van der Waals surface area contributed by atoms with Crippen molar-refractivity contribution in [3.05, 3.63) is 69.3 Å². The second-order valence-corrected chi connectivity index (χ2v) is 7.33. The quantitative estimate of drug-likeness (QED) is 0.442. The first-order valence-electron chi connectivity index (χ1n) is 9.92. The van der Waals surface area contributed by atoms with E-state index in [9.17, 15) is 14.9 Å². The van der Waals surface area contributed by atoms with Gasteiger partial charge in [0.05, 0.1) is 4.92 Å². The van der Waals surface area contributed by atoms with Crippen molar-refractivity contribution in [2.75, 3.05) is 24.5 Å². The van der Waals surface area contributed by atoms with E-state index in [4.69, 9.17) is 0 Å². The van der Waals surface area contributed by atoms with Crippen LogP contribution < -0.4 is 10.2 Å². The lowest BCUT2D eigenvalue weighted by Crippen LogP contribution is -2.29. The number of piperidine rings is 1. The van der Waals surface area contributed by atoms with Crippen LogP contribution in [0, 0.1) is 17.0 Å². The van der Waals surface area contributed by atoms with Gasteiger partial charge in [0.2, 0.25) is 0 Å². The molecule has 1 saturated heterocycles. The number of amides is 1. The summed E-state index contributed by atoms with van der Waals surface area (Å²) in [7, 11) is 0. The Morgan fingerprint density at radius 3 is 2.50 bits per heavy atom. The molecule has 0 radical (unpaired) electrons. The van der Waals surface area contributed by atoms with Gasteiger partial charge in [0.1, 0.15) is 0 Å². The summed E-state index contributed by atoms with van der Waals surface area (Å²) in [4.78, 5) is 25.2. The first-order valence-corrected chi connectivity index (χ1v) is 9.92. The number of nitrogens with one attached hydrogen (secondary N) is 1. The standard InChI is InChI=1S/C22H27N3O3/c1-17-7-10-19(16-21(17)25(27)28)22(26)23-13-5-6-18-8-11-20(12-9-18)24-14-3-2-4-15-24/h7-12,16H,2-6,13-15H2,1H3,(H,23,26). The van der Waals surface area contributed by atoms with Gasteiger partial charge >= 0.3 is 0 Å². The van der Waals surface area contributed by atoms with Gasteiger partial charge in [0, 0.05) is 42.5 Å². The first-order chi connectivity index (χ1) is 13.5. The fraction of sp³-hybridized carbons (Fsp3) is 0.409. The molecule has 1 amide bonds. The lowest BCUT2D eigenvalue weighted by Gasteiger charge is -2.28. The van der Waals surface area contributed by atoms with Gasteiger partial charge in [-0.1, -0.05) is 18.2 Å². The molecule has 0 saturated carbocycles. The number of carbonyl (C=O) groups excluding carboxylic acids is 1. The highest BCUT2D eigenvalue weighted by molar-refractivity contribution is 5.94. The Morgan fingerprint density at radius 2 is 1.82 bits per heavy atom. The first kappa shape index (κ1) is 19.9. The van der Waals surface area contributed by atoms with Crippen LogP contribution in [0.3, 0.4) is 0 Å². The van der Waals surface area contributed by atoms with Crippen molar-refractivity contribution in [2.24, 2.45) is 0 Å². The van der Waals surface area contributed by atoms with E-state index in [1.165, 1.54) is 36.6 Å². The van der Waals surface area contributed by atoms with Gasteiger partial charge in [0.25, 0.3) is 11.6 Å². The summed E-state index contributed by atoms with van der Waals surface area (Å²) in [6, 6.07) is 13.3. The van der Waals surface area contributed by atoms with Crippen LogP contribution in [0.1, 0.15) is 47.2 Å². The Morgan fingerprint density at radius 1 is 1.11 bits per heavy atom. The number of nitro benzene ring substituents is 1. The minimum absolute atomic E-state index is 0.0264. The van der Waals surface area contributed by atoms with Crippen LogP contribution in [-0.2, 0) is 6.42 Å². The molecule has 148 valence electrons. The van der Waals surface area contributed by atoms with Crippen LogP contribution >= 0.6 is 0 Å². The summed E-state index contributed by atoms with van der Waals surface area (Å²) >= 11 is 0. The highest BCUT2D eigenvalue weighted by Gasteiger charge is 2.14. The second kappa shape index (κ2) is 9.35. The molecule has 28 heavy (non-hydrogen) atoms. The van der Waals surface area contributed by atoms with Crippen LogP contribution in [0.4, 0.5) is 11.4 Å². The summed E-state index contributed by atoms with van der Waals surface area (Å²) in [5.41, 5.74) is 3.39. The smallest absolute Gasteiger partial charge is 0.273 e. The summed E-state index contributed by atoms with van der Waals surface area (Å²) < 4.78 is 0. The predicted octanol–water partition coefficient (Wildman–Crippen LogP) is 4.26. The minimum atomic E-state index is -0.459. The van der Waals surface area contributed by atoms with E-state index in [1.807, 2.05) is 0 Å². The van der Waals surface area contributed by atoms with Gasteiger partial charge < -0.3 is 10.2 Å². The highest BCUT2D eigenvalue weighted by atomic mass is 16.6. The van der Waals surface area contributed by atoms with Gasteiger partial charge in [-0.05, 0) is 62.8 Å². The monoisotopic (exact) mass is 381 g/mol. The number of hydrogen-bond acceptors (Lipinski definition) is 4. The van der Waals surface area contributed by atoms with Crippen molar-refractivity contribution in [1.29, 1.82) is 0 Å². The number of aryl methyl sites for hydroxylation is 2. The number of anilines is 1. The summed E-state index contributed by atoms with van der Waals surface area (Å²) in [5.74, 6) is -0.274. The third-order valence-electron chi connectivity index (χ3n) is 5.25. The Balaban J connectivity index is 1.46. The largest absolute Gasteiger partial charge is 0.372 e. The summed E-state index contributed by atoms with van der Waals surface area (Å²) in [6.45, 7) is 4.48. The van der Waals surface area contributed by atoms with Crippen molar-refractivity contribution in [3.63, 3.8) is 0 Å². The van der Waals surface area contributed by atoms with E-state index in [0.717, 1.165) is 25.9 Å². The topological polar surface area (TPSA) is 75.5 Å². The zero-order valence-electron chi connectivity index (χ0n) is 16.3. The third-order valence-corrected chi connectivity index (χ3v) is 5.25. The molecule has 2 aromatic carbocycles. The average molecular weight is 381 g/mol. The highest BCUT2D eigenvalue weighted by Crippen LogP contribution is 2.21. The molecule has 1 fully saturated rings. The maximum Gasteiger partial charge on any atom is 0.273 e. The number of nitrogens with zero attached hydrogens (tertiary/aromatic N) is 2. The van der Waals surface area contributed by atoms with Gasteiger partial charge in [-0.3, -0.25) is 14.9 Å². The van der Waals surface area contributed by atoms with Crippen LogP contribution in [-0.4, -0.2) is 30.5 Å². The van der Waals surface area contributed by atoms with Crippen LogP contribution in [0.15, 0.2) is 42.5 Å². The van der Waals surface area contributed by atoms with E-state index in [0.29, 0.717) is 17.7 Å². The van der Waals surface area contributed by atoms with Gasteiger partial charge in [-0.2, -0.15) is 0 Å². The van der Waals surface area contributed by atoms with Crippen LogP contribution in [0.2, 0.25) is 0 Å². The molecule has 3 rings (SSSR count). The normalized spacial score (nSPS) is 14.0. The Labute approximate surface area is 165 Å². The average Bonchev–Trinajstić information content (AvgIpc) is 2.72. The molecule has 0 aliphatic carbocycles. The Bertz CT molecular complexity index is 827. The van der Waals surface area contributed by atoms with E-state index in [2.05, 4.69) is 34.5 Å². The third kappa shape index (κ3) is 5.09. The molecule has 6 heteroatoms. The molecule has 1 heterocycles. The lowest BCUT2D eigenvalue weighted by molar-refractivity contribution is -0.385. The van der Waals surface area contributed by atoms with Crippen LogP contribution in [0.25, 0.3) is 0 Å². The fourth-order valence-electron chi connectivity index (χ4n) is 3.57. The zero-order valence-corrected chi connectivity index (χ0v) is 16.3. The molecular formula is C22H27N3O3. The van der Waals surface area contributed by atoms with Crippen molar-refractivity contribution >= 4 is 17.3 Å². The molecule has 0 aromatic heterocycles. The van der Waals surface area contributed by atoms with E-state index in [1.54, 1.807) is 19.1 Å². The predicted molar refractivity (Wildman–Crippen MR) is 111 cm³/mol. The maximum atomic E-state index is 12.2. The number of hydrogen-bond donors (Lipinski definition) is 1. The van der Waals surface area contributed by atoms with Gasteiger partial charge in [-0.15, -0.1) is 0 Å². The van der Waals surface area contributed by atoms with Crippen molar-refractivity contribution in [2.45, 2.75) is 39.0 Å². The molecule has 2 aromatic rings. The zero-order chi connectivity index (χ0) is 19.9. The van der Waals surface area contributed by atoms with E-state index in [-0.39, 0.29) is 11.6 Å². The molecule has 1 aliphatic heterocycles. The molecule has 0 bridgehead atoms. The summed E-state index contributed by atoms with van der Waals surface area (Å²) in [6.07, 6.45) is 5.57. The molecule has 1 aliphatic rings. The van der Waals surface area contributed by atoms with Crippen LogP contribution in [0.5, 0.6) is 0 Å². The number of carbonyl (C=O) groups is 1. The molecule has 0 unspecified atom stereocenters. The van der Waals surface area contributed by atoms with Gasteiger partial charge in [-0.25, -0.2) is 0 Å². The molecular weight excluding hydrogens is 354 g/mol.